The highest BCUT2D eigenvalue weighted by molar-refractivity contribution is 8.00. The van der Waals surface area contributed by atoms with Gasteiger partial charge < -0.3 is 5.32 Å². The Morgan fingerprint density at radius 1 is 1.36 bits per heavy atom. The zero-order valence-electron chi connectivity index (χ0n) is 15.1. The number of rotatable bonds is 6. The Kier molecular flexibility index (Phi) is 5.73. The fraction of sp³-hybridized carbons (Fsp3) is 0.556. The maximum atomic E-state index is 12.4. The predicted molar refractivity (Wildman–Crippen MR) is 99.8 cm³/mol. The van der Waals surface area contributed by atoms with E-state index in [1.807, 2.05) is 31.2 Å². The van der Waals surface area contributed by atoms with Crippen molar-refractivity contribution in [2.24, 2.45) is 0 Å². The van der Waals surface area contributed by atoms with Crippen LogP contribution >= 0.6 is 11.8 Å². The number of fused-ring (bicyclic) bond motifs is 1. The largest absolute Gasteiger partial charge is 0.355 e. The van der Waals surface area contributed by atoms with Crippen molar-refractivity contribution in [1.82, 2.24) is 24.9 Å². The van der Waals surface area contributed by atoms with Crippen molar-refractivity contribution in [2.45, 2.75) is 63.3 Å². The highest BCUT2D eigenvalue weighted by Gasteiger charge is 2.19. The van der Waals surface area contributed by atoms with Crippen molar-refractivity contribution in [3.8, 4) is 0 Å². The number of aryl methyl sites for hydroxylation is 2. The molecule has 134 valence electrons. The first-order chi connectivity index (χ1) is 12.0. The van der Waals surface area contributed by atoms with Crippen molar-refractivity contribution in [3.63, 3.8) is 0 Å². The Balaban J connectivity index is 1.57. The Hall–Kier alpha value is -1.89. The van der Waals surface area contributed by atoms with Gasteiger partial charge in [0.2, 0.25) is 5.91 Å². The summed E-state index contributed by atoms with van der Waals surface area (Å²) >= 11 is 1.42. The third-order valence-electron chi connectivity index (χ3n) is 4.44. The standard InChI is InChI=1S/C18H25N5OS/c1-12-11-13(2)23-17(20-12)21-22-18(23)25-14(3)16(24)19-10-9-15-7-5-4-6-8-15/h7,11,14H,4-6,8-10H2,1-3H3,(H,19,24). The summed E-state index contributed by atoms with van der Waals surface area (Å²) in [6.07, 6.45) is 8.22. The molecule has 6 nitrogen and oxygen atoms in total. The summed E-state index contributed by atoms with van der Waals surface area (Å²) in [5, 5.41) is 11.8. The number of thioether (sulfide) groups is 1. The second-order valence-electron chi connectivity index (χ2n) is 6.57. The van der Waals surface area contributed by atoms with E-state index in [1.165, 1.54) is 43.0 Å². The lowest BCUT2D eigenvalue weighted by Gasteiger charge is -2.14. The molecule has 2 aromatic heterocycles. The van der Waals surface area contributed by atoms with Gasteiger partial charge in [0, 0.05) is 17.9 Å². The number of amides is 1. The normalized spacial score (nSPS) is 15.9. The van der Waals surface area contributed by atoms with Crippen LogP contribution in [0.15, 0.2) is 22.9 Å². The van der Waals surface area contributed by atoms with Gasteiger partial charge in [-0.3, -0.25) is 9.20 Å². The van der Waals surface area contributed by atoms with Gasteiger partial charge in [-0.05, 0) is 58.9 Å². The molecule has 0 aliphatic heterocycles. The third-order valence-corrected chi connectivity index (χ3v) is 5.49. The monoisotopic (exact) mass is 359 g/mol. The molecule has 0 saturated heterocycles. The lowest BCUT2D eigenvalue weighted by Crippen LogP contribution is -2.32. The van der Waals surface area contributed by atoms with Crippen LogP contribution in [0.2, 0.25) is 0 Å². The minimum absolute atomic E-state index is 0.0379. The summed E-state index contributed by atoms with van der Waals surface area (Å²) in [4.78, 5) is 16.7. The zero-order chi connectivity index (χ0) is 17.8. The van der Waals surface area contributed by atoms with Gasteiger partial charge in [0.1, 0.15) is 0 Å². The van der Waals surface area contributed by atoms with Gasteiger partial charge in [0.15, 0.2) is 5.16 Å². The molecule has 2 aromatic rings. The number of hydrogen-bond acceptors (Lipinski definition) is 5. The van der Waals surface area contributed by atoms with Crippen molar-refractivity contribution in [1.29, 1.82) is 0 Å². The quantitative estimate of drug-likeness (QED) is 0.633. The molecule has 1 unspecified atom stereocenters. The van der Waals surface area contributed by atoms with Gasteiger partial charge in [-0.25, -0.2) is 4.98 Å². The van der Waals surface area contributed by atoms with Gasteiger partial charge in [-0.2, -0.15) is 0 Å². The summed E-state index contributed by atoms with van der Waals surface area (Å²) < 4.78 is 1.90. The van der Waals surface area contributed by atoms with E-state index < -0.39 is 0 Å². The first-order valence-electron chi connectivity index (χ1n) is 8.86. The van der Waals surface area contributed by atoms with E-state index in [0.29, 0.717) is 17.5 Å². The number of carbonyl (C=O) groups is 1. The van der Waals surface area contributed by atoms with E-state index in [2.05, 4.69) is 26.6 Å². The Labute approximate surface area is 152 Å². The summed E-state index contributed by atoms with van der Waals surface area (Å²) in [5.41, 5.74) is 3.41. The van der Waals surface area contributed by atoms with Crippen molar-refractivity contribution >= 4 is 23.4 Å². The van der Waals surface area contributed by atoms with Gasteiger partial charge in [0.25, 0.3) is 5.78 Å². The number of aromatic nitrogens is 4. The maximum Gasteiger partial charge on any atom is 0.256 e. The van der Waals surface area contributed by atoms with Gasteiger partial charge >= 0.3 is 0 Å². The van der Waals surface area contributed by atoms with Crippen LogP contribution in [0, 0.1) is 13.8 Å². The molecule has 0 saturated carbocycles. The molecule has 1 aliphatic rings. The maximum absolute atomic E-state index is 12.4. The van der Waals surface area contributed by atoms with E-state index in [1.54, 1.807) is 0 Å². The molecule has 0 radical (unpaired) electrons. The summed E-state index contributed by atoms with van der Waals surface area (Å²) in [6.45, 7) is 6.54. The first kappa shape index (κ1) is 17.9. The molecular weight excluding hydrogens is 334 g/mol. The first-order valence-corrected chi connectivity index (χ1v) is 9.74. The van der Waals surface area contributed by atoms with E-state index in [4.69, 9.17) is 0 Å². The molecule has 3 rings (SSSR count). The lowest BCUT2D eigenvalue weighted by molar-refractivity contribution is -0.120. The highest BCUT2D eigenvalue weighted by atomic mass is 32.2. The Morgan fingerprint density at radius 2 is 2.20 bits per heavy atom. The molecule has 25 heavy (non-hydrogen) atoms. The van der Waals surface area contributed by atoms with E-state index in [0.717, 1.165) is 17.8 Å². The fourth-order valence-corrected chi connectivity index (χ4v) is 4.04. The molecular formula is C18H25N5OS. The Morgan fingerprint density at radius 3 is 2.96 bits per heavy atom. The van der Waals surface area contributed by atoms with Crippen LogP contribution in [0.4, 0.5) is 0 Å². The minimum atomic E-state index is -0.228. The van der Waals surface area contributed by atoms with Gasteiger partial charge in [-0.1, -0.05) is 23.4 Å². The molecule has 0 aromatic carbocycles. The van der Waals surface area contributed by atoms with Crippen LogP contribution in [0.5, 0.6) is 0 Å². The molecule has 0 spiro atoms. The molecule has 0 bridgehead atoms. The Bertz CT molecular complexity index is 798. The fourth-order valence-electron chi connectivity index (χ4n) is 3.11. The smallest absolute Gasteiger partial charge is 0.256 e. The molecule has 0 fully saturated rings. The number of nitrogens with one attached hydrogen (secondary N) is 1. The van der Waals surface area contributed by atoms with Crippen molar-refractivity contribution in [3.05, 3.63) is 29.1 Å². The SMILES string of the molecule is Cc1cc(C)n2c(SC(C)C(=O)NCCC3=CCCCC3)nnc2n1. The van der Waals surface area contributed by atoms with E-state index in [-0.39, 0.29) is 11.2 Å². The van der Waals surface area contributed by atoms with Crippen LogP contribution in [-0.4, -0.2) is 37.3 Å². The highest BCUT2D eigenvalue weighted by Crippen LogP contribution is 2.23. The second kappa shape index (κ2) is 7.99. The van der Waals surface area contributed by atoms with Crippen LogP contribution in [0.1, 0.15) is 50.4 Å². The summed E-state index contributed by atoms with van der Waals surface area (Å²) in [7, 11) is 0. The number of hydrogen-bond donors (Lipinski definition) is 1. The average Bonchev–Trinajstić information content (AvgIpc) is 2.98. The molecule has 1 aliphatic carbocycles. The molecule has 1 atom stereocenters. The van der Waals surface area contributed by atoms with Crippen molar-refractivity contribution < 1.29 is 4.79 Å². The predicted octanol–water partition coefficient (Wildman–Crippen LogP) is 3.23. The van der Waals surface area contributed by atoms with Gasteiger partial charge in [-0.15, -0.1) is 10.2 Å². The molecule has 7 heteroatoms. The minimum Gasteiger partial charge on any atom is -0.355 e. The lowest BCUT2D eigenvalue weighted by atomic mass is 9.97. The van der Waals surface area contributed by atoms with Crippen LogP contribution < -0.4 is 5.32 Å². The topological polar surface area (TPSA) is 72.2 Å². The number of nitrogens with zero attached hydrogens (tertiary/aromatic N) is 4. The van der Waals surface area contributed by atoms with Crippen LogP contribution in [0.3, 0.4) is 0 Å². The average molecular weight is 359 g/mol. The second-order valence-corrected chi connectivity index (χ2v) is 7.87. The number of allylic oxidation sites excluding steroid dienone is 1. The zero-order valence-corrected chi connectivity index (χ0v) is 15.9. The molecule has 1 amide bonds. The third kappa shape index (κ3) is 4.39. The van der Waals surface area contributed by atoms with Crippen molar-refractivity contribution in [2.75, 3.05) is 6.54 Å². The summed E-state index contributed by atoms with van der Waals surface area (Å²) in [6, 6.07) is 1.99. The van der Waals surface area contributed by atoms with E-state index in [9.17, 15) is 4.79 Å². The van der Waals surface area contributed by atoms with Crippen LogP contribution in [-0.2, 0) is 4.79 Å². The van der Waals surface area contributed by atoms with Gasteiger partial charge in [0.05, 0.1) is 5.25 Å². The van der Waals surface area contributed by atoms with Crippen LogP contribution in [0.25, 0.3) is 5.78 Å². The van der Waals surface area contributed by atoms with E-state index >= 15 is 0 Å². The molecule has 2 heterocycles. The number of carbonyl (C=O) groups excluding carboxylic acids is 1. The summed E-state index contributed by atoms with van der Waals surface area (Å²) in [5.74, 6) is 0.618. The molecule has 1 N–H and O–H groups in total.